The Morgan fingerprint density at radius 2 is 1.24 bits per heavy atom. The second kappa shape index (κ2) is 30.9. The average molecular weight is 659 g/mol. The highest BCUT2D eigenvalue weighted by atomic mass is 31.2. The Hall–Kier alpha value is -1.77. The molecule has 0 radical (unpaired) electrons. The number of carbonyl (C=O) groups is 2. The average Bonchev–Trinajstić information content (AvgIpc) is 2.99. The molecule has 3 N–H and O–H groups in total. The molecule has 10 heteroatoms. The van der Waals surface area contributed by atoms with Crippen LogP contribution in [-0.2, 0) is 28.2 Å². The predicted molar refractivity (Wildman–Crippen MR) is 181 cm³/mol. The quantitative estimate of drug-likeness (QED) is 0.0219. The van der Waals surface area contributed by atoms with Crippen LogP contribution in [0, 0.1) is 0 Å². The van der Waals surface area contributed by atoms with Crippen molar-refractivity contribution in [1.29, 1.82) is 0 Å². The number of phosphoric acid groups is 1. The van der Waals surface area contributed by atoms with Gasteiger partial charge in [0, 0.05) is 12.8 Å². The highest BCUT2D eigenvalue weighted by Gasteiger charge is 2.22. The molecule has 0 aliphatic rings. The summed E-state index contributed by atoms with van der Waals surface area (Å²) in [6.45, 7) is 3.44. The molecule has 0 spiro atoms. The lowest BCUT2D eigenvalue weighted by atomic mass is 10.1. The van der Waals surface area contributed by atoms with Crippen LogP contribution >= 0.6 is 7.82 Å². The number of hydrogen-bond acceptors (Lipinski definition) is 7. The van der Waals surface area contributed by atoms with Gasteiger partial charge in [0.15, 0.2) is 6.10 Å². The lowest BCUT2D eigenvalue weighted by Crippen LogP contribution is -2.29. The van der Waals surface area contributed by atoms with E-state index in [1.165, 1.54) is 44.9 Å². The Kier molecular flexibility index (Phi) is 29.6. The van der Waals surface area contributed by atoms with Crippen molar-refractivity contribution in [2.75, 3.05) is 13.2 Å². The molecule has 1 unspecified atom stereocenters. The van der Waals surface area contributed by atoms with Gasteiger partial charge >= 0.3 is 19.8 Å². The van der Waals surface area contributed by atoms with E-state index in [4.69, 9.17) is 19.3 Å². The van der Waals surface area contributed by atoms with Crippen LogP contribution in [0.1, 0.15) is 149 Å². The molecule has 0 aromatic heterocycles. The third-order valence-corrected chi connectivity index (χ3v) is 7.76. The fraction of sp³-hybridized carbons (Fsp3) is 0.771. The largest absolute Gasteiger partial charge is 0.469 e. The third kappa shape index (κ3) is 33.4. The van der Waals surface area contributed by atoms with Crippen molar-refractivity contribution in [3.8, 4) is 0 Å². The molecule has 0 aromatic rings. The zero-order chi connectivity index (χ0) is 33.4. The molecule has 0 aromatic carbocycles. The standard InChI is InChI=1S/C35H63O9P/c1-3-5-7-9-11-12-13-14-16-20-25-29-35(38)44-33(31-43-45(39,40)41)30-42-34(37)28-24-21-17-19-23-27-32(36)26-22-18-15-10-8-6-4-2/h6,8,15,18,22,26,32-33,36H,3-5,7,9-14,16-17,19-21,23-25,27-31H2,1-2H3,(H2,39,40,41)/b8-6+,18-15+,26-22+/t32?,33-/m1/s1. The molecule has 0 fully saturated rings. The number of phosphoric ester groups is 1. The van der Waals surface area contributed by atoms with Crippen LogP contribution in [0.4, 0.5) is 0 Å². The van der Waals surface area contributed by atoms with Gasteiger partial charge in [-0.1, -0.05) is 140 Å². The molecule has 0 bridgehead atoms. The lowest BCUT2D eigenvalue weighted by Gasteiger charge is -2.18. The van der Waals surface area contributed by atoms with Gasteiger partial charge in [-0.05, 0) is 32.1 Å². The molecule has 0 amide bonds. The summed E-state index contributed by atoms with van der Waals surface area (Å²) in [5, 5.41) is 10.0. The van der Waals surface area contributed by atoms with E-state index in [0.717, 1.165) is 57.8 Å². The number of rotatable bonds is 31. The molecule has 262 valence electrons. The second-order valence-corrected chi connectivity index (χ2v) is 12.9. The van der Waals surface area contributed by atoms with E-state index in [1.807, 2.05) is 18.2 Å². The Morgan fingerprint density at radius 1 is 0.689 bits per heavy atom. The summed E-state index contributed by atoms with van der Waals surface area (Å²) in [5.74, 6) is -0.963. The minimum atomic E-state index is -4.76. The van der Waals surface area contributed by atoms with Gasteiger partial charge in [-0.25, -0.2) is 4.57 Å². The lowest BCUT2D eigenvalue weighted by molar-refractivity contribution is -0.161. The first-order valence-corrected chi connectivity index (χ1v) is 18.9. The van der Waals surface area contributed by atoms with Crippen molar-refractivity contribution in [2.24, 2.45) is 0 Å². The minimum Gasteiger partial charge on any atom is -0.462 e. The topological polar surface area (TPSA) is 140 Å². The van der Waals surface area contributed by atoms with E-state index >= 15 is 0 Å². The summed E-state index contributed by atoms with van der Waals surface area (Å²) in [4.78, 5) is 42.5. The van der Waals surface area contributed by atoms with Gasteiger partial charge in [0.1, 0.15) is 6.61 Å². The molecule has 0 heterocycles. The van der Waals surface area contributed by atoms with Gasteiger partial charge in [-0.2, -0.15) is 0 Å². The number of ether oxygens (including phenoxy) is 2. The molecular formula is C35H63O9P. The molecule has 0 aliphatic carbocycles. The van der Waals surface area contributed by atoms with E-state index in [9.17, 15) is 19.3 Å². The van der Waals surface area contributed by atoms with Crippen molar-refractivity contribution in [3.63, 3.8) is 0 Å². The van der Waals surface area contributed by atoms with Gasteiger partial charge in [0.25, 0.3) is 0 Å². The maximum atomic E-state index is 12.3. The van der Waals surface area contributed by atoms with E-state index in [-0.39, 0.29) is 19.4 Å². The number of hydrogen-bond donors (Lipinski definition) is 3. The monoisotopic (exact) mass is 658 g/mol. The molecule has 0 rings (SSSR count). The van der Waals surface area contributed by atoms with Crippen LogP contribution in [-0.4, -0.2) is 52.3 Å². The number of carbonyl (C=O) groups excluding carboxylic acids is 2. The first-order chi connectivity index (χ1) is 21.7. The fourth-order valence-corrected chi connectivity index (χ4v) is 5.03. The highest BCUT2D eigenvalue weighted by molar-refractivity contribution is 7.46. The summed E-state index contributed by atoms with van der Waals surface area (Å²) in [5.41, 5.74) is 0. The normalized spacial score (nSPS) is 13.6. The molecular weight excluding hydrogens is 595 g/mol. The Labute approximate surface area is 273 Å². The van der Waals surface area contributed by atoms with Crippen molar-refractivity contribution < 1.29 is 43.0 Å². The van der Waals surface area contributed by atoms with Crippen LogP contribution in [0.2, 0.25) is 0 Å². The van der Waals surface area contributed by atoms with E-state index < -0.39 is 38.6 Å². The van der Waals surface area contributed by atoms with Crippen molar-refractivity contribution in [3.05, 3.63) is 36.5 Å². The summed E-state index contributed by atoms with van der Waals surface area (Å²) in [6, 6.07) is 0. The van der Waals surface area contributed by atoms with Crippen LogP contribution in [0.25, 0.3) is 0 Å². The number of esters is 2. The van der Waals surface area contributed by atoms with Crippen LogP contribution in [0.15, 0.2) is 36.5 Å². The number of aliphatic hydroxyl groups is 1. The first-order valence-electron chi connectivity index (χ1n) is 17.4. The van der Waals surface area contributed by atoms with Gasteiger partial charge in [-0.15, -0.1) is 0 Å². The van der Waals surface area contributed by atoms with Gasteiger partial charge in [-0.3, -0.25) is 14.1 Å². The Bertz CT molecular complexity index is 850. The van der Waals surface area contributed by atoms with Crippen LogP contribution in [0.3, 0.4) is 0 Å². The zero-order valence-electron chi connectivity index (χ0n) is 28.1. The first kappa shape index (κ1) is 43.2. The van der Waals surface area contributed by atoms with Gasteiger partial charge < -0.3 is 24.4 Å². The summed E-state index contributed by atoms with van der Waals surface area (Å²) >= 11 is 0. The number of allylic oxidation sites excluding steroid dienone is 5. The molecule has 0 saturated carbocycles. The Balaban J connectivity index is 4.09. The minimum absolute atomic E-state index is 0.193. The van der Waals surface area contributed by atoms with Crippen molar-refractivity contribution in [2.45, 2.75) is 161 Å². The van der Waals surface area contributed by atoms with Crippen LogP contribution in [0.5, 0.6) is 0 Å². The number of unbranched alkanes of at least 4 members (excludes halogenated alkanes) is 14. The maximum absolute atomic E-state index is 12.3. The van der Waals surface area contributed by atoms with E-state index in [1.54, 1.807) is 6.08 Å². The van der Waals surface area contributed by atoms with E-state index in [2.05, 4.69) is 30.5 Å². The second-order valence-electron chi connectivity index (χ2n) is 11.7. The third-order valence-electron chi connectivity index (χ3n) is 7.28. The van der Waals surface area contributed by atoms with Gasteiger partial charge in [0.05, 0.1) is 12.7 Å². The summed E-state index contributed by atoms with van der Waals surface area (Å²) in [6.07, 6.45) is 30.3. The predicted octanol–water partition coefficient (Wildman–Crippen LogP) is 8.81. The zero-order valence-corrected chi connectivity index (χ0v) is 29.0. The smallest absolute Gasteiger partial charge is 0.462 e. The van der Waals surface area contributed by atoms with Crippen LogP contribution < -0.4 is 0 Å². The van der Waals surface area contributed by atoms with Crippen molar-refractivity contribution >= 4 is 19.8 Å². The molecule has 45 heavy (non-hydrogen) atoms. The SMILES string of the molecule is CC/C=C/C/C=C/C=C/C(O)CCCCCCCC(=O)OC[C@H](COP(=O)(O)O)OC(=O)CCCCCCCCCCCCC. The van der Waals surface area contributed by atoms with E-state index in [0.29, 0.717) is 19.3 Å². The summed E-state index contributed by atoms with van der Waals surface area (Å²) in [7, 11) is -4.76. The molecule has 2 atom stereocenters. The summed E-state index contributed by atoms with van der Waals surface area (Å²) < 4.78 is 26.2. The number of aliphatic hydroxyl groups excluding tert-OH is 1. The molecule has 0 aliphatic heterocycles. The Morgan fingerprint density at radius 3 is 1.82 bits per heavy atom. The fourth-order valence-electron chi connectivity index (χ4n) is 4.67. The maximum Gasteiger partial charge on any atom is 0.469 e. The highest BCUT2D eigenvalue weighted by Crippen LogP contribution is 2.36. The van der Waals surface area contributed by atoms with Gasteiger partial charge in [0.2, 0.25) is 0 Å². The molecule has 9 nitrogen and oxygen atoms in total. The van der Waals surface area contributed by atoms with Crippen molar-refractivity contribution in [1.82, 2.24) is 0 Å². The molecule has 0 saturated heterocycles.